The molecule has 2 heterocycles. The fourth-order valence-corrected chi connectivity index (χ4v) is 2.73. The van der Waals surface area contributed by atoms with E-state index in [1.807, 2.05) is 26.2 Å². The lowest BCUT2D eigenvalue weighted by molar-refractivity contribution is -0.134. The molecule has 8 heteroatoms. The zero-order chi connectivity index (χ0) is 15.6. The van der Waals surface area contributed by atoms with Crippen molar-refractivity contribution in [3.63, 3.8) is 0 Å². The molecule has 1 unspecified atom stereocenters. The minimum atomic E-state index is -0.690. The number of carbonyl (C=O) groups is 3. The molecule has 1 saturated heterocycles. The first kappa shape index (κ1) is 15.4. The summed E-state index contributed by atoms with van der Waals surface area (Å²) in [6.45, 7) is 6.11. The number of amides is 4. The Morgan fingerprint density at radius 1 is 1.43 bits per heavy atom. The van der Waals surface area contributed by atoms with Gasteiger partial charge in [-0.15, -0.1) is 11.3 Å². The molecule has 3 N–H and O–H groups in total. The van der Waals surface area contributed by atoms with Crippen molar-refractivity contribution in [1.82, 2.24) is 15.6 Å². The normalized spacial score (nSPS) is 19.1. The first-order valence-corrected chi connectivity index (χ1v) is 7.51. The number of nitrogens with zero attached hydrogens (tertiary/aromatic N) is 1. The smallest absolute Gasteiger partial charge is 0.321 e. The number of urea groups is 1. The van der Waals surface area contributed by atoms with Crippen LogP contribution in [0.4, 0.5) is 9.93 Å². The van der Waals surface area contributed by atoms with E-state index in [9.17, 15) is 14.4 Å². The van der Waals surface area contributed by atoms with Crippen LogP contribution < -0.4 is 16.0 Å². The van der Waals surface area contributed by atoms with Gasteiger partial charge in [-0.1, -0.05) is 20.8 Å². The second kappa shape index (κ2) is 5.80. The zero-order valence-corrected chi connectivity index (χ0v) is 13.0. The number of piperidine rings is 1. The van der Waals surface area contributed by atoms with Crippen LogP contribution >= 0.6 is 11.3 Å². The van der Waals surface area contributed by atoms with E-state index in [0.29, 0.717) is 11.6 Å². The van der Waals surface area contributed by atoms with Crippen molar-refractivity contribution in [3.8, 4) is 0 Å². The number of imide groups is 1. The van der Waals surface area contributed by atoms with Crippen molar-refractivity contribution < 1.29 is 14.4 Å². The summed E-state index contributed by atoms with van der Waals surface area (Å²) in [6, 6.07) is -1.19. The molecule has 0 saturated carbocycles. The second-order valence-electron chi connectivity index (χ2n) is 5.89. The third-order valence-electron chi connectivity index (χ3n) is 3.04. The Hall–Kier alpha value is -1.96. The van der Waals surface area contributed by atoms with Gasteiger partial charge in [-0.3, -0.25) is 20.2 Å². The molecule has 0 spiro atoms. The third-order valence-corrected chi connectivity index (χ3v) is 3.80. The number of nitrogens with one attached hydrogen (secondary N) is 3. The highest BCUT2D eigenvalue weighted by Crippen LogP contribution is 2.26. The van der Waals surface area contributed by atoms with E-state index in [2.05, 4.69) is 20.9 Å². The summed E-state index contributed by atoms with van der Waals surface area (Å²) in [5.41, 5.74) is 0.806. The molecule has 1 aliphatic heterocycles. The van der Waals surface area contributed by atoms with E-state index >= 15 is 0 Å². The minimum Gasteiger partial charge on any atom is -0.326 e. The van der Waals surface area contributed by atoms with Crippen LogP contribution in [0.15, 0.2) is 5.38 Å². The predicted molar refractivity (Wildman–Crippen MR) is 79.1 cm³/mol. The molecule has 0 aliphatic carbocycles. The Morgan fingerprint density at radius 2 is 2.14 bits per heavy atom. The number of anilines is 1. The number of carbonyl (C=O) groups excluding carboxylic acids is 3. The van der Waals surface area contributed by atoms with Crippen molar-refractivity contribution in [3.05, 3.63) is 11.1 Å². The van der Waals surface area contributed by atoms with Crippen molar-refractivity contribution in [2.24, 2.45) is 0 Å². The van der Waals surface area contributed by atoms with Gasteiger partial charge < -0.3 is 5.32 Å². The Bertz CT molecular complexity index is 576. The monoisotopic (exact) mass is 310 g/mol. The van der Waals surface area contributed by atoms with Gasteiger partial charge in [0.1, 0.15) is 6.04 Å². The average Bonchev–Trinajstić information content (AvgIpc) is 2.81. The molecule has 21 heavy (non-hydrogen) atoms. The fourth-order valence-electron chi connectivity index (χ4n) is 1.80. The number of hydrogen-bond acceptors (Lipinski definition) is 5. The van der Waals surface area contributed by atoms with Crippen LogP contribution in [0.5, 0.6) is 0 Å². The highest BCUT2D eigenvalue weighted by molar-refractivity contribution is 7.13. The first-order chi connectivity index (χ1) is 9.75. The van der Waals surface area contributed by atoms with E-state index in [1.165, 1.54) is 11.3 Å². The van der Waals surface area contributed by atoms with Crippen LogP contribution in [0.3, 0.4) is 0 Å². The van der Waals surface area contributed by atoms with Gasteiger partial charge in [-0.05, 0) is 6.42 Å². The highest BCUT2D eigenvalue weighted by Gasteiger charge is 2.28. The molecule has 1 atom stereocenters. The Labute approximate surface area is 126 Å². The van der Waals surface area contributed by atoms with Crippen LogP contribution in [0, 0.1) is 0 Å². The molecular weight excluding hydrogens is 292 g/mol. The first-order valence-electron chi connectivity index (χ1n) is 6.63. The molecule has 1 aromatic heterocycles. The zero-order valence-electron chi connectivity index (χ0n) is 12.1. The largest absolute Gasteiger partial charge is 0.326 e. The molecule has 2 rings (SSSR count). The molecule has 114 valence electrons. The van der Waals surface area contributed by atoms with Crippen LogP contribution in [-0.4, -0.2) is 28.9 Å². The molecule has 0 aromatic carbocycles. The summed E-state index contributed by atoms with van der Waals surface area (Å²) in [4.78, 5) is 38.7. The van der Waals surface area contributed by atoms with E-state index in [-0.39, 0.29) is 17.7 Å². The van der Waals surface area contributed by atoms with Gasteiger partial charge in [0, 0.05) is 17.2 Å². The Morgan fingerprint density at radius 3 is 2.71 bits per heavy atom. The molecule has 7 nitrogen and oxygen atoms in total. The molecular formula is C13H18N4O3S. The SMILES string of the molecule is CC(C)(C)c1csc(NC(=O)NC2CCC(=O)NC2=O)n1. The number of aromatic nitrogens is 1. The van der Waals surface area contributed by atoms with E-state index in [4.69, 9.17) is 0 Å². The molecule has 0 radical (unpaired) electrons. The number of rotatable bonds is 2. The maximum atomic E-state index is 11.8. The van der Waals surface area contributed by atoms with Crippen molar-refractivity contribution in [1.29, 1.82) is 0 Å². The molecule has 4 amide bonds. The maximum absolute atomic E-state index is 11.8. The van der Waals surface area contributed by atoms with Gasteiger partial charge in [-0.25, -0.2) is 9.78 Å². The van der Waals surface area contributed by atoms with Crippen LogP contribution in [0.25, 0.3) is 0 Å². The fraction of sp³-hybridized carbons (Fsp3) is 0.538. The summed E-state index contributed by atoms with van der Waals surface area (Å²) in [5.74, 6) is -0.788. The highest BCUT2D eigenvalue weighted by atomic mass is 32.1. The number of thiazole rings is 1. The summed E-state index contributed by atoms with van der Waals surface area (Å²) in [7, 11) is 0. The van der Waals surface area contributed by atoms with Crippen molar-refractivity contribution >= 4 is 34.3 Å². The number of hydrogen-bond donors (Lipinski definition) is 3. The quantitative estimate of drug-likeness (QED) is 0.718. The lowest BCUT2D eigenvalue weighted by Crippen LogP contribution is -2.53. The predicted octanol–water partition coefficient (Wildman–Crippen LogP) is 1.37. The standard InChI is InChI=1S/C13H18N4O3S/c1-13(2,3)8-6-21-12(15-8)17-11(20)14-7-4-5-9(18)16-10(7)19/h6-7H,4-5H2,1-3H3,(H,16,18,19)(H2,14,15,17,20). The van der Waals surface area contributed by atoms with E-state index in [1.54, 1.807) is 0 Å². The topological polar surface area (TPSA) is 100 Å². The average molecular weight is 310 g/mol. The summed E-state index contributed by atoms with van der Waals surface area (Å²) in [5, 5.41) is 9.70. The summed E-state index contributed by atoms with van der Waals surface area (Å²) in [6.07, 6.45) is 0.533. The van der Waals surface area contributed by atoms with Crippen LogP contribution in [0.1, 0.15) is 39.3 Å². The maximum Gasteiger partial charge on any atom is 0.321 e. The lowest BCUT2D eigenvalue weighted by atomic mass is 9.93. The van der Waals surface area contributed by atoms with Gasteiger partial charge in [0.2, 0.25) is 11.8 Å². The molecule has 1 fully saturated rings. The van der Waals surface area contributed by atoms with E-state index in [0.717, 1.165) is 5.69 Å². The van der Waals surface area contributed by atoms with Gasteiger partial charge in [0.05, 0.1) is 5.69 Å². The molecule has 1 aromatic rings. The Balaban J connectivity index is 1.91. The summed E-state index contributed by atoms with van der Waals surface area (Å²) < 4.78 is 0. The summed E-state index contributed by atoms with van der Waals surface area (Å²) >= 11 is 1.33. The third kappa shape index (κ3) is 4.01. The van der Waals surface area contributed by atoms with Crippen LogP contribution in [-0.2, 0) is 15.0 Å². The van der Waals surface area contributed by atoms with Crippen LogP contribution in [0.2, 0.25) is 0 Å². The molecule has 1 aliphatic rings. The van der Waals surface area contributed by atoms with E-state index < -0.39 is 18.0 Å². The second-order valence-corrected chi connectivity index (χ2v) is 6.75. The van der Waals surface area contributed by atoms with Gasteiger partial charge in [0.25, 0.3) is 0 Å². The minimum absolute atomic E-state index is 0.0868. The Kier molecular flexibility index (Phi) is 4.26. The van der Waals surface area contributed by atoms with Gasteiger partial charge in [-0.2, -0.15) is 0 Å². The lowest BCUT2D eigenvalue weighted by Gasteiger charge is -2.21. The van der Waals surface area contributed by atoms with Gasteiger partial charge >= 0.3 is 6.03 Å². The van der Waals surface area contributed by atoms with Crippen molar-refractivity contribution in [2.45, 2.75) is 45.1 Å². The van der Waals surface area contributed by atoms with Crippen molar-refractivity contribution in [2.75, 3.05) is 5.32 Å². The molecule has 0 bridgehead atoms. The van der Waals surface area contributed by atoms with Gasteiger partial charge in [0.15, 0.2) is 5.13 Å².